The molecule has 6 nitrogen and oxygen atoms in total. The number of carbonyl (C=O) groups is 1. The minimum absolute atomic E-state index is 0.00589. The lowest BCUT2D eigenvalue weighted by Gasteiger charge is -2.25. The van der Waals surface area contributed by atoms with Crippen molar-refractivity contribution in [2.24, 2.45) is 0 Å². The maximum atomic E-state index is 12.7. The molecule has 2 aromatic carbocycles. The summed E-state index contributed by atoms with van der Waals surface area (Å²) < 4.78 is 32.6. The SMILES string of the molecule is O=C(CCc1ccc(S(=O)(=O)N2CCCCC2)cc1)NCCCCOc1ccc(Cl)cc1. The maximum absolute atomic E-state index is 12.7. The third-order valence-corrected chi connectivity index (χ3v) is 7.66. The van der Waals surface area contributed by atoms with Gasteiger partial charge in [0, 0.05) is 31.1 Å². The number of piperidine rings is 1. The zero-order chi connectivity index (χ0) is 22.8. The number of amides is 1. The van der Waals surface area contributed by atoms with Gasteiger partial charge in [-0.1, -0.05) is 30.2 Å². The molecule has 0 unspecified atom stereocenters. The van der Waals surface area contributed by atoms with Crippen molar-refractivity contribution in [1.29, 1.82) is 0 Å². The third-order valence-electron chi connectivity index (χ3n) is 5.49. The number of aryl methyl sites for hydroxylation is 1. The summed E-state index contributed by atoms with van der Waals surface area (Å²) in [6.45, 7) is 2.38. The first-order valence-corrected chi connectivity index (χ1v) is 13.0. The van der Waals surface area contributed by atoms with Gasteiger partial charge in [0.05, 0.1) is 11.5 Å². The van der Waals surface area contributed by atoms with E-state index in [1.165, 1.54) is 0 Å². The van der Waals surface area contributed by atoms with Crippen molar-refractivity contribution >= 4 is 27.5 Å². The number of hydrogen-bond acceptors (Lipinski definition) is 4. The van der Waals surface area contributed by atoms with E-state index < -0.39 is 10.0 Å². The quantitative estimate of drug-likeness (QED) is 0.485. The summed E-state index contributed by atoms with van der Waals surface area (Å²) in [5.41, 5.74) is 0.953. The van der Waals surface area contributed by atoms with Crippen LogP contribution in [0, 0.1) is 0 Å². The van der Waals surface area contributed by atoms with Crippen LogP contribution in [0.1, 0.15) is 44.1 Å². The normalized spacial score (nSPS) is 14.8. The number of rotatable bonds is 11. The standard InChI is InChI=1S/C24H31ClN2O4S/c25-21-9-11-22(12-10-21)31-19-5-2-16-26-24(28)15-8-20-6-13-23(14-7-20)32(29,30)27-17-3-1-4-18-27/h6-7,9-14H,1-5,8,15-19H2,(H,26,28). The Bertz CT molecular complexity index is 956. The Labute approximate surface area is 196 Å². The van der Waals surface area contributed by atoms with Crippen LogP contribution >= 0.6 is 11.6 Å². The van der Waals surface area contributed by atoms with Crippen molar-refractivity contribution in [2.45, 2.75) is 49.8 Å². The highest BCUT2D eigenvalue weighted by Crippen LogP contribution is 2.21. The molecule has 0 bridgehead atoms. The Hall–Kier alpha value is -2.09. The van der Waals surface area contributed by atoms with Crippen LogP contribution in [0.4, 0.5) is 0 Å². The van der Waals surface area contributed by atoms with Gasteiger partial charge in [-0.3, -0.25) is 4.79 Å². The molecule has 1 aliphatic heterocycles. The molecule has 8 heteroatoms. The summed E-state index contributed by atoms with van der Waals surface area (Å²) in [5.74, 6) is 0.779. The fourth-order valence-electron chi connectivity index (χ4n) is 3.60. The average molecular weight is 479 g/mol. The van der Waals surface area contributed by atoms with Crippen LogP contribution in [0.25, 0.3) is 0 Å². The van der Waals surface area contributed by atoms with Gasteiger partial charge in [-0.25, -0.2) is 8.42 Å². The molecule has 1 saturated heterocycles. The van der Waals surface area contributed by atoms with Gasteiger partial charge >= 0.3 is 0 Å². The molecule has 0 spiro atoms. The molecule has 1 amide bonds. The first-order chi connectivity index (χ1) is 15.4. The molecule has 0 aliphatic carbocycles. The maximum Gasteiger partial charge on any atom is 0.243 e. The highest BCUT2D eigenvalue weighted by molar-refractivity contribution is 7.89. The first kappa shape index (κ1) is 24.6. The van der Waals surface area contributed by atoms with Gasteiger partial charge in [0.1, 0.15) is 5.75 Å². The Morgan fingerprint density at radius 1 is 0.969 bits per heavy atom. The van der Waals surface area contributed by atoms with Gasteiger partial charge in [0.2, 0.25) is 15.9 Å². The zero-order valence-corrected chi connectivity index (χ0v) is 19.8. The average Bonchev–Trinajstić information content (AvgIpc) is 2.82. The van der Waals surface area contributed by atoms with Crippen molar-refractivity contribution in [3.05, 3.63) is 59.1 Å². The Kier molecular flexibility index (Phi) is 9.38. The third kappa shape index (κ3) is 7.50. The van der Waals surface area contributed by atoms with Crippen molar-refractivity contribution in [2.75, 3.05) is 26.2 Å². The van der Waals surface area contributed by atoms with E-state index in [0.717, 1.165) is 43.4 Å². The molecular formula is C24H31ClN2O4S. The number of benzene rings is 2. The van der Waals surface area contributed by atoms with Crippen LogP contribution in [0.5, 0.6) is 5.75 Å². The Morgan fingerprint density at radius 2 is 1.66 bits per heavy atom. The number of sulfonamides is 1. The number of nitrogens with one attached hydrogen (secondary N) is 1. The molecular weight excluding hydrogens is 448 g/mol. The molecule has 0 atom stereocenters. The lowest BCUT2D eigenvalue weighted by atomic mass is 10.1. The van der Waals surface area contributed by atoms with Crippen molar-refractivity contribution in [1.82, 2.24) is 9.62 Å². The molecule has 174 valence electrons. The van der Waals surface area contributed by atoms with Crippen LogP contribution in [-0.2, 0) is 21.2 Å². The van der Waals surface area contributed by atoms with Crippen molar-refractivity contribution < 1.29 is 17.9 Å². The van der Waals surface area contributed by atoms with Crippen LogP contribution in [0.2, 0.25) is 5.02 Å². The minimum atomic E-state index is -3.41. The summed E-state index contributed by atoms with van der Waals surface area (Å²) in [6, 6.07) is 14.2. The van der Waals surface area contributed by atoms with Gasteiger partial charge in [-0.05, 0) is 74.1 Å². The van der Waals surface area contributed by atoms with E-state index in [2.05, 4.69) is 5.32 Å². The van der Waals surface area contributed by atoms with E-state index in [9.17, 15) is 13.2 Å². The number of carbonyl (C=O) groups excluding carboxylic acids is 1. The molecule has 1 fully saturated rings. The topological polar surface area (TPSA) is 75.7 Å². The van der Waals surface area contributed by atoms with Gasteiger partial charge in [-0.2, -0.15) is 4.31 Å². The largest absolute Gasteiger partial charge is 0.494 e. The second-order valence-electron chi connectivity index (χ2n) is 7.97. The molecule has 1 N–H and O–H groups in total. The predicted octanol–water partition coefficient (Wildman–Crippen LogP) is 4.42. The number of nitrogens with zero attached hydrogens (tertiary/aromatic N) is 1. The lowest BCUT2D eigenvalue weighted by molar-refractivity contribution is -0.121. The number of ether oxygens (including phenoxy) is 1. The van der Waals surface area contributed by atoms with Gasteiger partial charge < -0.3 is 10.1 Å². The van der Waals surface area contributed by atoms with Crippen LogP contribution < -0.4 is 10.1 Å². The van der Waals surface area contributed by atoms with E-state index in [1.54, 1.807) is 40.7 Å². The number of hydrogen-bond donors (Lipinski definition) is 1. The Balaban J connectivity index is 1.32. The van der Waals surface area contributed by atoms with Crippen molar-refractivity contribution in [3.63, 3.8) is 0 Å². The van der Waals surface area contributed by atoms with Crippen LogP contribution in [-0.4, -0.2) is 44.9 Å². The molecule has 1 heterocycles. The smallest absolute Gasteiger partial charge is 0.243 e. The molecule has 2 aromatic rings. The highest BCUT2D eigenvalue weighted by atomic mass is 35.5. The van der Waals surface area contributed by atoms with E-state index in [4.69, 9.17) is 16.3 Å². The molecule has 0 radical (unpaired) electrons. The van der Waals surface area contributed by atoms with E-state index in [1.807, 2.05) is 12.1 Å². The number of unbranched alkanes of at least 4 members (excludes halogenated alkanes) is 1. The predicted molar refractivity (Wildman–Crippen MR) is 127 cm³/mol. The zero-order valence-electron chi connectivity index (χ0n) is 18.3. The van der Waals surface area contributed by atoms with Gasteiger partial charge in [0.15, 0.2) is 0 Å². The van der Waals surface area contributed by atoms with Crippen molar-refractivity contribution in [3.8, 4) is 5.75 Å². The summed E-state index contributed by atoms with van der Waals surface area (Å²) in [5, 5.41) is 3.60. The molecule has 0 aromatic heterocycles. The van der Waals surface area contributed by atoms with E-state index in [-0.39, 0.29) is 5.91 Å². The molecule has 1 aliphatic rings. The fraction of sp³-hybridized carbons (Fsp3) is 0.458. The van der Waals surface area contributed by atoms with E-state index >= 15 is 0 Å². The van der Waals surface area contributed by atoms with Crippen LogP contribution in [0.3, 0.4) is 0 Å². The van der Waals surface area contributed by atoms with Crippen LogP contribution in [0.15, 0.2) is 53.4 Å². The van der Waals surface area contributed by atoms with Gasteiger partial charge in [-0.15, -0.1) is 0 Å². The summed E-state index contributed by atoms with van der Waals surface area (Å²) >= 11 is 5.84. The summed E-state index contributed by atoms with van der Waals surface area (Å²) in [4.78, 5) is 12.4. The molecule has 3 rings (SSSR count). The lowest BCUT2D eigenvalue weighted by Crippen LogP contribution is -2.35. The molecule has 0 saturated carbocycles. The Morgan fingerprint density at radius 3 is 2.34 bits per heavy atom. The van der Waals surface area contributed by atoms with Gasteiger partial charge in [0.25, 0.3) is 0 Å². The monoisotopic (exact) mass is 478 g/mol. The number of halogens is 1. The highest BCUT2D eigenvalue weighted by Gasteiger charge is 2.25. The summed E-state index contributed by atoms with van der Waals surface area (Å²) in [6.07, 6.45) is 5.56. The minimum Gasteiger partial charge on any atom is -0.494 e. The second kappa shape index (κ2) is 12.2. The first-order valence-electron chi connectivity index (χ1n) is 11.2. The summed E-state index contributed by atoms with van der Waals surface area (Å²) in [7, 11) is -3.41. The fourth-order valence-corrected chi connectivity index (χ4v) is 5.25. The second-order valence-corrected chi connectivity index (χ2v) is 10.3. The van der Waals surface area contributed by atoms with E-state index in [0.29, 0.717) is 49.0 Å². The molecule has 32 heavy (non-hydrogen) atoms.